The van der Waals surface area contributed by atoms with E-state index in [1.54, 1.807) is 18.2 Å². The Bertz CT molecular complexity index is 1390. The first kappa shape index (κ1) is 23.8. The van der Waals surface area contributed by atoms with Crippen LogP contribution < -0.4 is 10.6 Å². The van der Waals surface area contributed by atoms with Crippen molar-refractivity contribution in [2.75, 3.05) is 5.32 Å². The van der Waals surface area contributed by atoms with Crippen molar-refractivity contribution in [2.24, 2.45) is 0 Å². The van der Waals surface area contributed by atoms with Gasteiger partial charge in [-0.25, -0.2) is 4.79 Å². The lowest BCUT2D eigenvalue weighted by atomic mass is 10.0. The molecule has 36 heavy (non-hydrogen) atoms. The number of hydrogen-bond acceptors (Lipinski definition) is 5. The Morgan fingerprint density at radius 2 is 1.92 bits per heavy atom. The second-order valence-electron chi connectivity index (χ2n) is 9.16. The Hall–Kier alpha value is -3.91. The highest BCUT2D eigenvalue weighted by atomic mass is 32.1. The number of rotatable bonds is 6. The van der Waals surface area contributed by atoms with Crippen molar-refractivity contribution in [1.29, 1.82) is 0 Å². The van der Waals surface area contributed by atoms with Crippen molar-refractivity contribution in [3.8, 4) is 17.0 Å². The molecule has 8 heteroatoms. The van der Waals surface area contributed by atoms with Gasteiger partial charge in [-0.15, -0.1) is 11.3 Å². The molecule has 2 aromatic carbocycles. The lowest BCUT2D eigenvalue weighted by molar-refractivity contribution is 0.103. The third kappa shape index (κ3) is 5.18. The minimum Gasteiger partial charge on any atom is -0.507 e. The van der Waals surface area contributed by atoms with Crippen LogP contribution in [0.25, 0.3) is 11.3 Å². The first-order valence-electron chi connectivity index (χ1n) is 12.1. The molecule has 0 spiro atoms. The normalized spacial score (nSPS) is 13.6. The molecule has 2 heterocycles. The zero-order valence-electron chi connectivity index (χ0n) is 20.0. The largest absolute Gasteiger partial charge is 0.507 e. The van der Waals surface area contributed by atoms with E-state index in [0.717, 1.165) is 42.5 Å². The van der Waals surface area contributed by atoms with Crippen LogP contribution in [0, 0.1) is 6.92 Å². The zero-order chi connectivity index (χ0) is 25.1. The van der Waals surface area contributed by atoms with Crippen LogP contribution in [0.3, 0.4) is 0 Å². The molecule has 1 fully saturated rings. The Morgan fingerprint density at radius 3 is 2.67 bits per heavy atom. The fourth-order valence-electron chi connectivity index (χ4n) is 4.70. The molecule has 4 aromatic rings. The second kappa shape index (κ2) is 10.4. The van der Waals surface area contributed by atoms with Crippen LogP contribution in [0.2, 0.25) is 0 Å². The average molecular weight is 501 g/mol. The van der Waals surface area contributed by atoms with Crippen LogP contribution in [0.15, 0.2) is 66.0 Å². The standard InChI is InChI=1S/C28H28N4O3S/c1-18-6-4-7-19(14-18)17-29-28(35)32-24(20-8-2-3-9-20)16-23(31-32)22-15-21(11-12-25(22)33)30-27(34)26-10-5-13-36-26/h4-7,10-16,20,33H,2-3,8-9,17H2,1H3,(H,29,35)(H,30,34). The van der Waals surface area contributed by atoms with Gasteiger partial charge in [0, 0.05) is 23.7 Å². The van der Waals surface area contributed by atoms with E-state index in [2.05, 4.69) is 15.7 Å². The van der Waals surface area contributed by atoms with Gasteiger partial charge in [0.25, 0.3) is 5.91 Å². The SMILES string of the molecule is Cc1cccc(CNC(=O)n2nc(-c3cc(NC(=O)c4cccs4)ccc3O)cc2C2CCCC2)c1. The van der Waals surface area contributed by atoms with Crippen LogP contribution in [-0.4, -0.2) is 26.8 Å². The number of nitrogens with zero attached hydrogens (tertiary/aromatic N) is 2. The van der Waals surface area contributed by atoms with Gasteiger partial charge in [-0.1, -0.05) is 48.7 Å². The maximum Gasteiger partial charge on any atom is 0.342 e. The molecule has 0 bridgehead atoms. The molecule has 3 N–H and O–H groups in total. The third-order valence-corrected chi connectivity index (χ3v) is 7.37. The second-order valence-corrected chi connectivity index (χ2v) is 10.1. The maximum absolute atomic E-state index is 13.2. The molecule has 2 amide bonds. The number of aromatic hydroxyl groups is 1. The van der Waals surface area contributed by atoms with Gasteiger partial charge >= 0.3 is 6.03 Å². The number of thiophene rings is 1. The minimum atomic E-state index is -0.300. The van der Waals surface area contributed by atoms with Crippen LogP contribution in [0.5, 0.6) is 5.75 Å². The molecule has 0 saturated heterocycles. The molecular weight excluding hydrogens is 472 g/mol. The fourth-order valence-corrected chi connectivity index (χ4v) is 5.32. The predicted molar refractivity (Wildman–Crippen MR) is 142 cm³/mol. The number of aromatic nitrogens is 2. The van der Waals surface area contributed by atoms with Crippen molar-refractivity contribution in [2.45, 2.75) is 45.1 Å². The number of phenols is 1. The Balaban J connectivity index is 1.43. The number of benzene rings is 2. The minimum absolute atomic E-state index is 0.0342. The van der Waals surface area contributed by atoms with Gasteiger partial charge in [0.2, 0.25) is 0 Å². The Labute approximate surface area is 213 Å². The first-order valence-corrected chi connectivity index (χ1v) is 13.0. The Kier molecular flexibility index (Phi) is 6.86. The molecule has 0 aliphatic heterocycles. The van der Waals surface area contributed by atoms with Crippen LogP contribution in [-0.2, 0) is 6.54 Å². The molecule has 0 unspecified atom stereocenters. The number of phenolic OH excluding ortho intramolecular Hbond substituents is 1. The highest BCUT2D eigenvalue weighted by molar-refractivity contribution is 7.12. The molecule has 1 aliphatic rings. The van der Waals surface area contributed by atoms with Gasteiger partial charge in [-0.05, 0) is 61.0 Å². The summed E-state index contributed by atoms with van der Waals surface area (Å²) in [6.45, 7) is 2.42. The summed E-state index contributed by atoms with van der Waals surface area (Å²) in [6.07, 6.45) is 4.23. The fraction of sp³-hybridized carbons (Fsp3) is 0.250. The summed E-state index contributed by atoms with van der Waals surface area (Å²) in [7, 11) is 0. The molecule has 0 atom stereocenters. The molecule has 7 nitrogen and oxygen atoms in total. The molecule has 184 valence electrons. The summed E-state index contributed by atoms with van der Waals surface area (Å²) >= 11 is 1.36. The third-order valence-electron chi connectivity index (χ3n) is 6.50. The number of amides is 2. The summed E-state index contributed by atoms with van der Waals surface area (Å²) in [5, 5.41) is 22.9. The first-order chi connectivity index (χ1) is 17.5. The van der Waals surface area contributed by atoms with E-state index < -0.39 is 0 Å². The van der Waals surface area contributed by atoms with Gasteiger partial charge in [-0.2, -0.15) is 9.78 Å². The number of anilines is 1. The highest BCUT2D eigenvalue weighted by Crippen LogP contribution is 2.38. The molecule has 1 saturated carbocycles. The average Bonchev–Trinajstić information content (AvgIpc) is 3.65. The number of nitrogens with one attached hydrogen (secondary N) is 2. The van der Waals surface area contributed by atoms with Crippen molar-refractivity contribution in [3.63, 3.8) is 0 Å². The van der Waals surface area contributed by atoms with Crippen LogP contribution in [0.4, 0.5) is 10.5 Å². The summed E-state index contributed by atoms with van der Waals surface area (Å²) < 4.78 is 1.44. The van der Waals surface area contributed by atoms with E-state index in [1.165, 1.54) is 22.1 Å². The number of hydrogen-bond donors (Lipinski definition) is 3. The number of carbonyl (C=O) groups is 2. The zero-order valence-corrected chi connectivity index (χ0v) is 20.8. The van der Waals surface area contributed by atoms with E-state index in [4.69, 9.17) is 0 Å². The Morgan fingerprint density at radius 1 is 1.08 bits per heavy atom. The van der Waals surface area contributed by atoms with Gasteiger partial charge in [0.1, 0.15) is 5.75 Å². The summed E-state index contributed by atoms with van der Waals surface area (Å²) in [6, 6.07) is 18.1. The molecule has 0 radical (unpaired) electrons. The van der Waals surface area contributed by atoms with Crippen molar-refractivity contribution >= 4 is 29.0 Å². The summed E-state index contributed by atoms with van der Waals surface area (Å²) in [5.41, 5.74) is 4.50. The predicted octanol–water partition coefficient (Wildman–Crippen LogP) is 6.29. The van der Waals surface area contributed by atoms with E-state index in [-0.39, 0.29) is 23.6 Å². The van der Waals surface area contributed by atoms with Gasteiger partial charge < -0.3 is 15.7 Å². The molecule has 2 aromatic heterocycles. The van der Waals surface area contributed by atoms with E-state index in [1.807, 2.05) is 48.7 Å². The molecule has 5 rings (SSSR count). The van der Waals surface area contributed by atoms with Crippen molar-refractivity contribution < 1.29 is 14.7 Å². The lowest BCUT2D eigenvalue weighted by Crippen LogP contribution is -2.30. The highest BCUT2D eigenvalue weighted by Gasteiger charge is 2.26. The topological polar surface area (TPSA) is 96.3 Å². The number of aryl methyl sites for hydroxylation is 1. The van der Waals surface area contributed by atoms with E-state index in [9.17, 15) is 14.7 Å². The van der Waals surface area contributed by atoms with E-state index in [0.29, 0.717) is 28.4 Å². The van der Waals surface area contributed by atoms with Gasteiger partial charge in [0.15, 0.2) is 0 Å². The van der Waals surface area contributed by atoms with Crippen LogP contribution >= 0.6 is 11.3 Å². The van der Waals surface area contributed by atoms with Gasteiger partial charge in [0.05, 0.1) is 16.3 Å². The van der Waals surface area contributed by atoms with Crippen LogP contribution in [0.1, 0.15) is 58.1 Å². The quantitative estimate of drug-likeness (QED) is 0.271. The number of carbonyl (C=O) groups excluding carboxylic acids is 2. The molecule has 1 aliphatic carbocycles. The van der Waals surface area contributed by atoms with Gasteiger partial charge in [-0.3, -0.25) is 4.79 Å². The maximum atomic E-state index is 13.2. The lowest BCUT2D eigenvalue weighted by Gasteiger charge is -2.12. The summed E-state index contributed by atoms with van der Waals surface area (Å²) in [5.74, 6) is 0.0566. The monoisotopic (exact) mass is 500 g/mol. The van der Waals surface area contributed by atoms with E-state index >= 15 is 0 Å². The van der Waals surface area contributed by atoms with Crippen molar-refractivity contribution in [1.82, 2.24) is 15.1 Å². The molecular formula is C28H28N4O3S. The van der Waals surface area contributed by atoms with Crippen molar-refractivity contribution in [3.05, 3.63) is 87.7 Å². The smallest absolute Gasteiger partial charge is 0.342 e. The summed E-state index contributed by atoms with van der Waals surface area (Å²) in [4.78, 5) is 26.3.